The molecule has 11 heavy (non-hydrogen) atoms. The third-order valence-electron chi connectivity index (χ3n) is 1.62. The van der Waals surface area contributed by atoms with Gasteiger partial charge < -0.3 is 11.5 Å². The van der Waals surface area contributed by atoms with Gasteiger partial charge in [0.25, 0.3) is 0 Å². The van der Waals surface area contributed by atoms with Gasteiger partial charge in [-0.05, 0) is 13.8 Å². The normalized spacial score (nSPS) is 10.9. The van der Waals surface area contributed by atoms with Crippen LogP contribution in [0.4, 0.5) is 5.82 Å². The highest BCUT2D eigenvalue weighted by Gasteiger charge is 2.07. The number of aromatic nitrogens is 2. The van der Waals surface area contributed by atoms with Crippen LogP contribution in [0.3, 0.4) is 0 Å². The number of nitrogens with zero attached hydrogens (tertiary/aromatic N) is 2. The van der Waals surface area contributed by atoms with E-state index in [-0.39, 0.29) is 0 Å². The average molecular weight is 154 g/mol. The van der Waals surface area contributed by atoms with E-state index in [0.29, 0.717) is 18.4 Å². The predicted octanol–water partition coefficient (Wildman–Crippen LogP) is 0.505. The van der Waals surface area contributed by atoms with E-state index in [1.165, 1.54) is 0 Å². The second kappa shape index (κ2) is 2.92. The fraction of sp³-hybridized carbons (Fsp3) is 0.571. The second-order valence-electron chi connectivity index (χ2n) is 2.80. The molecule has 0 unspecified atom stereocenters. The third kappa shape index (κ3) is 1.35. The summed E-state index contributed by atoms with van der Waals surface area (Å²) in [6.07, 6.45) is 1.72. The van der Waals surface area contributed by atoms with E-state index in [1.54, 1.807) is 10.9 Å². The number of hydrogen-bond acceptors (Lipinski definition) is 3. The molecule has 0 aromatic carbocycles. The maximum absolute atomic E-state index is 5.74. The second-order valence-corrected chi connectivity index (χ2v) is 2.80. The first kappa shape index (κ1) is 8.07. The van der Waals surface area contributed by atoms with Crippen LogP contribution < -0.4 is 11.5 Å². The molecule has 1 aromatic heterocycles. The fourth-order valence-electron chi connectivity index (χ4n) is 0.976. The molecule has 1 rings (SSSR count). The van der Waals surface area contributed by atoms with Crippen molar-refractivity contribution in [2.24, 2.45) is 5.73 Å². The fourth-order valence-corrected chi connectivity index (χ4v) is 0.976. The minimum absolute atomic E-state index is 0.301. The van der Waals surface area contributed by atoms with Crippen molar-refractivity contribution >= 4 is 5.82 Å². The van der Waals surface area contributed by atoms with E-state index in [1.807, 2.05) is 13.8 Å². The molecule has 0 saturated heterocycles. The molecule has 4 N–H and O–H groups in total. The summed E-state index contributed by atoms with van der Waals surface area (Å²) in [6, 6.07) is 0.301. The van der Waals surface area contributed by atoms with Gasteiger partial charge in [0.15, 0.2) is 0 Å². The molecule has 0 aliphatic carbocycles. The first-order valence-electron chi connectivity index (χ1n) is 3.68. The minimum atomic E-state index is 0.301. The van der Waals surface area contributed by atoms with Crippen LogP contribution >= 0.6 is 0 Å². The third-order valence-corrected chi connectivity index (χ3v) is 1.62. The number of rotatable bonds is 2. The first-order chi connectivity index (χ1) is 5.16. The maximum Gasteiger partial charge on any atom is 0.126 e. The van der Waals surface area contributed by atoms with Gasteiger partial charge in [-0.15, -0.1) is 0 Å². The van der Waals surface area contributed by atoms with Crippen LogP contribution in [0, 0.1) is 0 Å². The zero-order chi connectivity index (χ0) is 8.43. The largest absolute Gasteiger partial charge is 0.384 e. The molecule has 4 nitrogen and oxygen atoms in total. The Morgan fingerprint density at radius 3 is 2.55 bits per heavy atom. The summed E-state index contributed by atoms with van der Waals surface area (Å²) in [5.74, 6) is 0.683. The van der Waals surface area contributed by atoms with Gasteiger partial charge in [0.2, 0.25) is 0 Å². The topological polar surface area (TPSA) is 69.9 Å². The van der Waals surface area contributed by atoms with E-state index in [2.05, 4.69) is 5.10 Å². The zero-order valence-corrected chi connectivity index (χ0v) is 6.91. The molecule has 4 heteroatoms. The van der Waals surface area contributed by atoms with Crippen molar-refractivity contribution in [2.45, 2.75) is 26.4 Å². The lowest BCUT2D eigenvalue weighted by molar-refractivity contribution is 0.540. The van der Waals surface area contributed by atoms with Gasteiger partial charge in [-0.25, -0.2) is 4.68 Å². The zero-order valence-electron chi connectivity index (χ0n) is 6.91. The van der Waals surface area contributed by atoms with Crippen LogP contribution in [-0.4, -0.2) is 9.78 Å². The molecule has 0 aliphatic heterocycles. The van der Waals surface area contributed by atoms with Crippen molar-refractivity contribution in [1.82, 2.24) is 9.78 Å². The monoisotopic (exact) mass is 154 g/mol. The van der Waals surface area contributed by atoms with Crippen LogP contribution in [0.5, 0.6) is 0 Å². The van der Waals surface area contributed by atoms with Crippen LogP contribution in [-0.2, 0) is 6.54 Å². The Kier molecular flexibility index (Phi) is 2.14. The van der Waals surface area contributed by atoms with Crippen molar-refractivity contribution in [2.75, 3.05) is 5.73 Å². The Bertz CT molecular complexity index is 239. The molecule has 0 radical (unpaired) electrons. The number of nitrogens with two attached hydrogens (primary N) is 2. The Balaban J connectivity index is 3.00. The number of nitrogen functional groups attached to an aromatic ring is 1. The Labute approximate surface area is 66.2 Å². The lowest BCUT2D eigenvalue weighted by Crippen LogP contribution is -2.08. The van der Waals surface area contributed by atoms with Gasteiger partial charge in [-0.2, -0.15) is 5.10 Å². The first-order valence-corrected chi connectivity index (χ1v) is 3.68. The molecule has 62 valence electrons. The maximum atomic E-state index is 5.74. The Morgan fingerprint density at radius 2 is 2.27 bits per heavy atom. The molecule has 0 saturated carbocycles. The summed E-state index contributed by atoms with van der Waals surface area (Å²) in [5, 5.41) is 4.10. The molecular weight excluding hydrogens is 140 g/mol. The van der Waals surface area contributed by atoms with E-state index in [0.717, 1.165) is 5.56 Å². The Hall–Kier alpha value is -1.03. The van der Waals surface area contributed by atoms with Gasteiger partial charge in [-0.3, -0.25) is 0 Å². The smallest absolute Gasteiger partial charge is 0.126 e. The Morgan fingerprint density at radius 1 is 1.64 bits per heavy atom. The van der Waals surface area contributed by atoms with Crippen LogP contribution in [0.2, 0.25) is 0 Å². The summed E-state index contributed by atoms with van der Waals surface area (Å²) >= 11 is 0. The van der Waals surface area contributed by atoms with Crippen molar-refractivity contribution in [3.05, 3.63) is 11.8 Å². The van der Waals surface area contributed by atoms with Crippen LogP contribution in [0.25, 0.3) is 0 Å². The van der Waals surface area contributed by atoms with E-state index < -0.39 is 0 Å². The molecule has 1 aromatic rings. The predicted molar refractivity (Wildman–Crippen MR) is 44.9 cm³/mol. The summed E-state index contributed by atoms with van der Waals surface area (Å²) in [6.45, 7) is 4.52. The van der Waals surface area contributed by atoms with Crippen molar-refractivity contribution in [3.8, 4) is 0 Å². The van der Waals surface area contributed by atoms with E-state index in [9.17, 15) is 0 Å². The quantitative estimate of drug-likeness (QED) is 0.651. The molecule has 0 aliphatic rings. The van der Waals surface area contributed by atoms with Gasteiger partial charge in [0.05, 0.1) is 6.20 Å². The molecule has 0 bridgehead atoms. The number of hydrogen-bond donors (Lipinski definition) is 2. The minimum Gasteiger partial charge on any atom is -0.384 e. The molecule has 0 amide bonds. The van der Waals surface area contributed by atoms with Crippen LogP contribution in [0.15, 0.2) is 6.20 Å². The van der Waals surface area contributed by atoms with Crippen LogP contribution in [0.1, 0.15) is 25.5 Å². The SMILES string of the molecule is CC(C)n1ncc(CN)c1N. The molecule has 0 fully saturated rings. The lowest BCUT2D eigenvalue weighted by Gasteiger charge is -2.07. The standard InChI is InChI=1S/C7H14N4/c1-5(2)11-7(9)6(3-8)4-10-11/h4-5H,3,8-9H2,1-2H3. The highest BCUT2D eigenvalue weighted by molar-refractivity contribution is 5.38. The van der Waals surface area contributed by atoms with E-state index in [4.69, 9.17) is 11.5 Å². The van der Waals surface area contributed by atoms with Gasteiger partial charge >= 0.3 is 0 Å². The number of anilines is 1. The molecule has 0 atom stereocenters. The van der Waals surface area contributed by atoms with Crippen molar-refractivity contribution in [1.29, 1.82) is 0 Å². The van der Waals surface area contributed by atoms with E-state index >= 15 is 0 Å². The molecule has 1 heterocycles. The molecule has 0 spiro atoms. The highest BCUT2D eigenvalue weighted by Crippen LogP contribution is 2.14. The van der Waals surface area contributed by atoms with Gasteiger partial charge in [0, 0.05) is 18.2 Å². The lowest BCUT2D eigenvalue weighted by atomic mass is 10.3. The summed E-state index contributed by atoms with van der Waals surface area (Å²) in [4.78, 5) is 0. The van der Waals surface area contributed by atoms with Crippen molar-refractivity contribution in [3.63, 3.8) is 0 Å². The summed E-state index contributed by atoms with van der Waals surface area (Å²) in [7, 11) is 0. The van der Waals surface area contributed by atoms with Gasteiger partial charge in [0.1, 0.15) is 5.82 Å². The summed E-state index contributed by atoms with van der Waals surface area (Å²) in [5.41, 5.74) is 12.1. The average Bonchev–Trinajstić information content (AvgIpc) is 2.30. The highest BCUT2D eigenvalue weighted by atomic mass is 15.3. The van der Waals surface area contributed by atoms with Crippen molar-refractivity contribution < 1.29 is 0 Å². The molecular formula is C7H14N4. The summed E-state index contributed by atoms with van der Waals surface area (Å²) < 4.78 is 1.77. The van der Waals surface area contributed by atoms with Gasteiger partial charge in [-0.1, -0.05) is 0 Å².